The average molecular weight is 308 g/mol. The summed E-state index contributed by atoms with van der Waals surface area (Å²) in [5.41, 5.74) is -0.0201. The summed E-state index contributed by atoms with van der Waals surface area (Å²) in [6, 6.07) is 0. The van der Waals surface area contributed by atoms with Gasteiger partial charge in [-0.2, -0.15) is 0 Å². The second-order valence-electron chi connectivity index (χ2n) is 5.63. The molecule has 0 bridgehead atoms. The van der Waals surface area contributed by atoms with E-state index in [2.05, 4.69) is 9.97 Å². The van der Waals surface area contributed by atoms with Crippen molar-refractivity contribution < 1.29 is 14.9 Å². The number of rotatable bonds is 2. The summed E-state index contributed by atoms with van der Waals surface area (Å²) >= 11 is 0. The SMILES string of the molecule is Cn1c(=O)c2[nH]c(N3CCC(C(=O)O)CC3)[nH+]c2n(C)c1=O. The maximum absolute atomic E-state index is 12.1. The lowest BCUT2D eigenvalue weighted by Gasteiger charge is -2.26. The molecule has 1 saturated heterocycles. The number of H-pyrrole nitrogens is 2. The van der Waals surface area contributed by atoms with Crippen molar-refractivity contribution in [2.75, 3.05) is 18.0 Å². The highest BCUT2D eigenvalue weighted by molar-refractivity contribution is 5.70. The van der Waals surface area contributed by atoms with Gasteiger partial charge in [0.15, 0.2) is 0 Å². The molecule has 2 aromatic heterocycles. The van der Waals surface area contributed by atoms with E-state index in [1.54, 1.807) is 7.05 Å². The van der Waals surface area contributed by atoms with Crippen LogP contribution in [0.2, 0.25) is 0 Å². The Kier molecular flexibility index (Phi) is 3.27. The van der Waals surface area contributed by atoms with Gasteiger partial charge < -0.3 is 5.11 Å². The average Bonchev–Trinajstić information content (AvgIpc) is 2.96. The molecule has 118 valence electrons. The zero-order chi connectivity index (χ0) is 16.0. The van der Waals surface area contributed by atoms with Crippen LogP contribution in [-0.2, 0) is 18.9 Å². The van der Waals surface area contributed by atoms with Gasteiger partial charge >= 0.3 is 17.6 Å². The van der Waals surface area contributed by atoms with Gasteiger partial charge in [-0.05, 0) is 12.8 Å². The molecule has 0 aliphatic carbocycles. The lowest BCUT2D eigenvalue weighted by atomic mass is 9.97. The number of nitrogens with zero attached hydrogens (tertiary/aromatic N) is 3. The molecule has 0 unspecified atom stereocenters. The molecule has 0 atom stereocenters. The summed E-state index contributed by atoms with van der Waals surface area (Å²) in [4.78, 5) is 43.1. The Morgan fingerprint density at radius 3 is 2.45 bits per heavy atom. The Hall–Kier alpha value is -2.58. The molecule has 1 aliphatic heterocycles. The first-order valence-corrected chi connectivity index (χ1v) is 7.09. The summed E-state index contributed by atoms with van der Waals surface area (Å²) in [7, 11) is 3.03. The van der Waals surface area contributed by atoms with Gasteiger partial charge in [-0.25, -0.2) is 14.3 Å². The molecule has 0 saturated carbocycles. The van der Waals surface area contributed by atoms with Crippen LogP contribution in [0.1, 0.15) is 12.8 Å². The van der Waals surface area contributed by atoms with Crippen molar-refractivity contribution >= 4 is 23.1 Å². The Labute approximate surface area is 124 Å². The monoisotopic (exact) mass is 308 g/mol. The molecular formula is C13H18N5O4+. The van der Waals surface area contributed by atoms with Crippen molar-refractivity contribution in [3.8, 4) is 0 Å². The van der Waals surface area contributed by atoms with Crippen LogP contribution < -0.4 is 21.1 Å². The number of carbonyl (C=O) groups is 1. The summed E-state index contributed by atoms with van der Waals surface area (Å²) < 4.78 is 2.42. The Morgan fingerprint density at radius 2 is 1.86 bits per heavy atom. The third-order valence-corrected chi connectivity index (χ3v) is 4.31. The second-order valence-corrected chi connectivity index (χ2v) is 5.63. The minimum absolute atomic E-state index is 0.321. The number of imidazole rings is 1. The highest BCUT2D eigenvalue weighted by atomic mass is 16.4. The number of hydrogen-bond acceptors (Lipinski definition) is 4. The summed E-state index contributed by atoms with van der Waals surface area (Å²) in [5, 5.41) is 9.03. The zero-order valence-corrected chi connectivity index (χ0v) is 12.4. The van der Waals surface area contributed by atoms with E-state index < -0.39 is 11.7 Å². The predicted octanol–water partition coefficient (Wildman–Crippen LogP) is -1.32. The van der Waals surface area contributed by atoms with E-state index in [1.165, 1.54) is 11.6 Å². The zero-order valence-electron chi connectivity index (χ0n) is 12.4. The Morgan fingerprint density at radius 1 is 1.23 bits per heavy atom. The van der Waals surface area contributed by atoms with Crippen molar-refractivity contribution in [3.05, 3.63) is 20.8 Å². The number of aliphatic carboxylic acids is 1. The van der Waals surface area contributed by atoms with Crippen molar-refractivity contribution in [3.63, 3.8) is 0 Å². The maximum atomic E-state index is 12.1. The van der Waals surface area contributed by atoms with Crippen LogP contribution in [0.4, 0.5) is 5.95 Å². The summed E-state index contributed by atoms with van der Waals surface area (Å²) in [6.45, 7) is 1.16. The quantitative estimate of drug-likeness (QED) is 0.714. The molecule has 1 aliphatic rings. The highest BCUT2D eigenvalue weighted by Crippen LogP contribution is 2.20. The van der Waals surface area contributed by atoms with Crippen molar-refractivity contribution in [1.82, 2.24) is 14.1 Å². The number of anilines is 1. The summed E-state index contributed by atoms with van der Waals surface area (Å²) in [5.74, 6) is -0.466. The molecule has 22 heavy (non-hydrogen) atoms. The van der Waals surface area contributed by atoms with Gasteiger partial charge in [0, 0.05) is 7.05 Å². The van der Waals surface area contributed by atoms with E-state index in [0.29, 0.717) is 43.0 Å². The van der Waals surface area contributed by atoms with E-state index in [4.69, 9.17) is 5.11 Å². The third-order valence-electron chi connectivity index (χ3n) is 4.31. The topological polar surface area (TPSA) is 114 Å². The van der Waals surface area contributed by atoms with E-state index >= 15 is 0 Å². The fraction of sp³-hybridized carbons (Fsp3) is 0.538. The number of aromatic nitrogens is 4. The smallest absolute Gasteiger partial charge is 0.374 e. The second kappa shape index (κ2) is 5.00. The van der Waals surface area contributed by atoms with Crippen molar-refractivity contribution in [2.45, 2.75) is 12.8 Å². The predicted molar refractivity (Wildman–Crippen MR) is 77.9 cm³/mol. The normalized spacial score (nSPS) is 16.4. The fourth-order valence-electron chi connectivity index (χ4n) is 2.87. The van der Waals surface area contributed by atoms with Crippen LogP contribution in [0.15, 0.2) is 9.59 Å². The molecule has 0 amide bonds. The molecule has 0 spiro atoms. The van der Waals surface area contributed by atoms with Crippen molar-refractivity contribution in [2.24, 2.45) is 20.0 Å². The van der Waals surface area contributed by atoms with Gasteiger partial charge in [-0.15, -0.1) is 0 Å². The number of aromatic amines is 2. The lowest BCUT2D eigenvalue weighted by molar-refractivity contribution is -0.335. The number of carboxylic acids is 1. The van der Waals surface area contributed by atoms with Crippen LogP contribution in [0, 0.1) is 5.92 Å². The lowest BCUT2D eigenvalue weighted by Crippen LogP contribution is -2.39. The molecule has 9 nitrogen and oxygen atoms in total. The third kappa shape index (κ3) is 2.09. The van der Waals surface area contributed by atoms with E-state index in [1.807, 2.05) is 4.90 Å². The molecule has 3 rings (SSSR count). The molecule has 2 aromatic rings. The van der Waals surface area contributed by atoms with E-state index in [9.17, 15) is 14.4 Å². The number of aryl methyl sites for hydroxylation is 1. The van der Waals surface area contributed by atoms with Gasteiger partial charge in [-0.1, -0.05) is 0 Å². The maximum Gasteiger partial charge on any atom is 0.374 e. The standard InChI is InChI=1S/C13H17N5O4/c1-16-9-8(10(19)17(2)13(16)22)14-12(15-9)18-5-3-7(4-6-18)11(20)21/h7H,3-6H2,1-2H3,(H,14,15)(H,20,21)/p+1. The number of hydrogen-bond donors (Lipinski definition) is 2. The molecule has 0 radical (unpaired) electrons. The molecule has 0 aromatic carbocycles. The first kappa shape index (κ1) is 14.4. The van der Waals surface area contributed by atoms with Gasteiger partial charge in [0.05, 0.1) is 26.1 Å². The molecular weight excluding hydrogens is 290 g/mol. The van der Waals surface area contributed by atoms with Crippen LogP contribution >= 0.6 is 0 Å². The highest BCUT2D eigenvalue weighted by Gasteiger charge is 2.29. The first-order valence-electron chi connectivity index (χ1n) is 7.09. The number of carboxylic acid groups (broad SMARTS) is 1. The minimum Gasteiger partial charge on any atom is -0.481 e. The molecule has 3 N–H and O–H groups in total. The van der Waals surface area contributed by atoms with E-state index in [0.717, 1.165) is 4.57 Å². The van der Waals surface area contributed by atoms with Gasteiger partial charge in [-0.3, -0.25) is 24.0 Å². The largest absolute Gasteiger partial charge is 0.481 e. The number of piperidine rings is 1. The molecule has 9 heteroatoms. The van der Waals surface area contributed by atoms with Crippen LogP contribution in [0.5, 0.6) is 0 Å². The van der Waals surface area contributed by atoms with Gasteiger partial charge in [0.25, 0.3) is 5.56 Å². The number of fused-ring (bicyclic) bond motifs is 1. The first-order chi connectivity index (χ1) is 10.4. The molecule has 3 heterocycles. The minimum atomic E-state index is -0.767. The van der Waals surface area contributed by atoms with E-state index in [-0.39, 0.29) is 11.5 Å². The number of nitrogens with one attached hydrogen (secondary N) is 2. The van der Waals surface area contributed by atoms with Gasteiger partial charge in [0.1, 0.15) is 0 Å². The van der Waals surface area contributed by atoms with Crippen molar-refractivity contribution in [1.29, 1.82) is 0 Å². The fourth-order valence-corrected chi connectivity index (χ4v) is 2.87. The van der Waals surface area contributed by atoms with Gasteiger partial charge in [0.2, 0.25) is 11.2 Å². The Bertz CT molecular complexity index is 854. The Balaban J connectivity index is 1.99. The van der Waals surface area contributed by atoms with Crippen LogP contribution in [-0.4, -0.2) is 38.3 Å². The molecule has 1 fully saturated rings. The van der Waals surface area contributed by atoms with Crippen LogP contribution in [0.3, 0.4) is 0 Å². The van der Waals surface area contributed by atoms with Crippen LogP contribution in [0.25, 0.3) is 11.2 Å². The summed E-state index contributed by atoms with van der Waals surface area (Å²) in [6.07, 6.45) is 1.10.